The Labute approximate surface area is 406 Å². The fourth-order valence-corrected chi connectivity index (χ4v) is 10.3. The van der Waals surface area contributed by atoms with E-state index in [0.717, 1.165) is 66.8 Å². The van der Waals surface area contributed by atoms with E-state index in [4.69, 9.17) is 21.5 Å². The third kappa shape index (κ3) is 7.13. The first-order chi connectivity index (χ1) is 34.6. The van der Waals surface area contributed by atoms with Crippen molar-refractivity contribution in [1.29, 1.82) is 0 Å². The minimum Gasteiger partial charge on any atom is -0.237 e. The van der Waals surface area contributed by atoms with Gasteiger partial charge in [0.25, 0.3) is 0 Å². The van der Waals surface area contributed by atoms with Crippen molar-refractivity contribution in [2.24, 2.45) is 0 Å². The molecule has 324 valence electrons. The van der Waals surface area contributed by atoms with Crippen LogP contribution in [0.1, 0.15) is 0 Å². The quantitative estimate of drug-likeness (QED) is 0.143. The molecule has 13 rings (SSSR count). The van der Waals surface area contributed by atoms with E-state index in [0.29, 0.717) is 23.2 Å². The van der Waals surface area contributed by atoms with Gasteiger partial charge >= 0.3 is 0 Å². The van der Waals surface area contributed by atoms with Crippen LogP contribution in [0.4, 0.5) is 5.69 Å². The molecule has 4 nitrogen and oxygen atoms in total. The fourth-order valence-electron chi connectivity index (χ4n) is 10.3. The zero-order valence-corrected chi connectivity index (χ0v) is 37.9. The molecule has 0 saturated heterocycles. The van der Waals surface area contributed by atoms with Gasteiger partial charge in [-0.1, -0.05) is 212 Å². The molecule has 0 atom stereocenters. The van der Waals surface area contributed by atoms with Gasteiger partial charge in [0.05, 0.1) is 6.57 Å². The van der Waals surface area contributed by atoms with Crippen LogP contribution in [0.25, 0.3) is 138 Å². The van der Waals surface area contributed by atoms with Crippen LogP contribution >= 0.6 is 0 Å². The zero-order valence-electron chi connectivity index (χ0n) is 37.9. The summed E-state index contributed by atoms with van der Waals surface area (Å²) in [6, 6.07) is 85.1. The Bertz CT molecular complexity index is 4050. The van der Waals surface area contributed by atoms with Gasteiger partial charge in [-0.2, -0.15) is 0 Å². The number of benzene rings is 11. The third-order valence-corrected chi connectivity index (χ3v) is 13.7. The first-order valence-electron chi connectivity index (χ1n) is 23.5. The van der Waals surface area contributed by atoms with E-state index in [-0.39, 0.29) is 0 Å². The van der Waals surface area contributed by atoms with Crippen molar-refractivity contribution < 1.29 is 0 Å². The van der Waals surface area contributed by atoms with Crippen molar-refractivity contribution in [2.45, 2.75) is 0 Å². The Morgan fingerprint density at radius 3 is 1.33 bits per heavy atom. The van der Waals surface area contributed by atoms with Gasteiger partial charge in [0.1, 0.15) is 0 Å². The van der Waals surface area contributed by atoms with Crippen LogP contribution in [-0.2, 0) is 0 Å². The number of hydrogen-bond acceptors (Lipinski definition) is 3. The molecule has 0 amide bonds. The molecule has 0 bridgehead atoms. The summed E-state index contributed by atoms with van der Waals surface area (Å²) in [7, 11) is 0. The van der Waals surface area contributed by atoms with E-state index in [1.165, 1.54) is 49.4 Å². The molecule has 0 radical (unpaired) electrons. The summed E-state index contributed by atoms with van der Waals surface area (Å²) in [6.07, 6.45) is 0. The molecule has 1 heterocycles. The summed E-state index contributed by atoms with van der Waals surface area (Å²) in [4.78, 5) is 19.4. The van der Waals surface area contributed by atoms with Crippen LogP contribution in [-0.4, -0.2) is 15.0 Å². The maximum atomic E-state index is 8.35. The number of aromatic nitrogens is 3. The predicted molar refractivity (Wildman–Crippen MR) is 289 cm³/mol. The van der Waals surface area contributed by atoms with Gasteiger partial charge in [-0.3, -0.25) is 0 Å². The lowest BCUT2D eigenvalue weighted by Crippen LogP contribution is -2.00. The van der Waals surface area contributed by atoms with E-state index >= 15 is 0 Å². The van der Waals surface area contributed by atoms with E-state index in [9.17, 15) is 0 Å². The molecule has 11 aromatic carbocycles. The van der Waals surface area contributed by atoms with Crippen LogP contribution in [0.5, 0.6) is 0 Å². The van der Waals surface area contributed by atoms with Crippen molar-refractivity contribution in [3.05, 3.63) is 254 Å². The first-order valence-corrected chi connectivity index (χ1v) is 23.5. The standard InChI is InChI=1S/C66H40N4/c1-67-62-41-47(33-34-56(62)50-24-11-22-48(39-50)55-35-36-61-58-29-8-7-28-57(58)60-32-14-31-59(55)63(60)61)45-20-9-19-44(37-45)46-21-10-25-51(38-46)65-68-64(43-16-3-2-4-17-43)69-66(70-65)52-26-12-23-49(40-52)54-30-13-18-42-15-5-6-27-53(42)54/h2-41H. The minimum absolute atomic E-state index is 0.595. The van der Waals surface area contributed by atoms with Gasteiger partial charge in [-0.15, -0.1) is 0 Å². The second-order valence-corrected chi connectivity index (χ2v) is 17.8. The smallest absolute Gasteiger partial charge is 0.195 e. The maximum absolute atomic E-state index is 8.35. The lowest BCUT2D eigenvalue weighted by molar-refractivity contribution is 1.07. The fraction of sp³-hybridized carbons (Fsp3) is 0. The van der Waals surface area contributed by atoms with Crippen LogP contribution in [0.3, 0.4) is 0 Å². The Morgan fingerprint density at radius 2 is 0.643 bits per heavy atom. The maximum Gasteiger partial charge on any atom is 0.195 e. The summed E-state index contributed by atoms with van der Waals surface area (Å²) in [5, 5.41) is 4.94. The van der Waals surface area contributed by atoms with Crippen LogP contribution in [0.2, 0.25) is 0 Å². The number of nitrogens with zero attached hydrogens (tertiary/aromatic N) is 4. The predicted octanol–water partition coefficient (Wildman–Crippen LogP) is 17.7. The van der Waals surface area contributed by atoms with Gasteiger partial charge in [0.15, 0.2) is 23.2 Å². The minimum atomic E-state index is 0.595. The van der Waals surface area contributed by atoms with Gasteiger partial charge in [0.2, 0.25) is 0 Å². The molecule has 0 saturated carbocycles. The van der Waals surface area contributed by atoms with E-state index in [1.807, 2.05) is 36.4 Å². The molecular formula is C66H40N4. The van der Waals surface area contributed by atoms with Gasteiger partial charge < -0.3 is 0 Å². The average Bonchev–Trinajstić information content (AvgIpc) is 3.77. The van der Waals surface area contributed by atoms with Gasteiger partial charge in [0, 0.05) is 16.7 Å². The Balaban J connectivity index is 0.828. The Hall–Kier alpha value is -9.56. The summed E-state index contributed by atoms with van der Waals surface area (Å²) < 4.78 is 0. The number of fused-ring (bicyclic) bond motifs is 4. The SMILES string of the molecule is [C-]#[N+]c1cc(-c2cccc(-c3cccc(-c4nc(-c5ccccc5)nc(-c5cccc(-c6cccc7ccccc67)c5)n4)c3)c2)ccc1-c1cccc(-c2ccc3c4c(cccc24)-c2ccccc2-3)c1. The Morgan fingerprint density at radius 1 is 0.257 bits per heavy atom. The molecule has 12 aromatic rings. The number of hydrogen-bond donors (Lipinski definition) is 0. The molecule has 4 heteroatoms. The third-order valence-electron chi connectivity index (χ3n) is 13.7. The molecule has 0 unspecified atom stereocenters. The van der Waals surface area contributed by atoms with Crippen molar-refractivity contribution in [3.8, 4) is 112 Å². The second-order valence-electron chi connectivity index (χ2n) is 17.8. The summed E-state index contributed by atoms with van der Waals surface area (Å²) in [6.45, 7) is 8.35. The molecule has 0 spiro atoms. The molecule has 70 heavy (non-hydrogen) atoms. The molecule has 1 aliphatic rings. The highest BCUT2D eigenvalue weighted by atomic mass is 15.0. The molecule has 1 aliphatic carbocycles. The van der Waals surface area contributed by atoms with Crippen LogP contribution < -0.4 is 0 Å². The van der Waals surface area contributed by atoms with Crippen molar-refractivity contribution >= 4 is 27.2 Å². The average molecular weight is 889 g/mol. The highest BCUT2D eigenvalue weighted by Gasteiger charge is 2.23. The molecular weight excluding hydrogens is 849 g/mol. The van der Waals surface area contributed by atoms with Crippen molar-refractivity contribution in [2.75, 3.05) is 0 Å². The highest BCUT2D eigenvalue weighted by Crippen LogP contribution is 2.49. The van der Waals surface area contributed by atoms with E-state index in [1.54, 1.807) is 0 Å². The molecule has 0 aliphatic heterocycles. The van der Waals surface area contributed by atoms with Crippen molar-refractivity contribution in [1.82, 2.24) is 15.0 Å². The van der Waals surface area contributed by atoms with Crippen LogP contribution in [0.15, 0.2) is 243 Å². The lowest BCUT2D eigenvalue weighted by atomic mass is 9.91. The van der Waals surface area contributed by atoms with Gasteiger partial charge in [-0.05, 0) is 130 Å². The van der Waals surface area contributed by atoms with Crippen LogP contribution in [0, 0.1) is 6.57 Å². The normalized spacial score (nSPS) is 11.4. The van der Waals surface area contributed by atoms with E-state index in [2.05, 4.69) is 211 Å². The second kappa shape index (κ2) is 16.9. The highest BCUT2D eigenvalue weighted by molar-refractivity contribution is 6.18. The molecule has 0 fully saturated rings. The summed E-state index contributed by atoms with van der Waals surface area (Å²) in [5.74, 6) is 1.82. The topological polar surface area (TPSA) is 43.0 Å². The molecule has 1 aromatic heterocycles. The summed E-state index contributed by atoms with van der Waals surface area (Å²) in [5.41, 5.74) is 19.1. The van der Waals surface area contributed by atoms with Crippen molar-refractivity contribution in [3.63, 3.8) is 0 Å². The largest absolute Gasteiger partial charge is 0.237 e. The Kier molecular flexibility index (Phi) is 9.85. The monoisotopic (exact) mass is 888 g/mol. The van der Waals surface area contributed by atoms with E-state index < -0.39 is 0 Å². The first kappa shape index (κ1) is 40.7. The lowest BCUT2D eigenvalue weighted by Gasteiger charge is -2.13. The van der Waals surface area contributed by atoms with Gasteiger partial charge in [-0.25, -0.2) is 19.8 Å². The number of rotatable bonds is 8. The molecule has 0 N–H and O–H groups in total. The summed E-state index contributed by atoms with van der Waals surface area (Å²) >= 11 is 0. The zero-order chi connectivity index (χ0) is 46.5.